The minimum atomic E-state index is -5.22. The smallest absolute Gasteiger partial charge is 1.00 e. The zero-order chi connectivity index (χ0) is 33.4. The first kappa shape index (κ1) is 36.6. The number of rotatable bonds is 12. The Kier molecular flexibility index (Phi) is 12.4. The molecular weight excluding hydrogens is 648 g/mol. The van der Waals surface area contributed by atoms with Crippen LogP contribution in [0.15, 0.2) is 121 Å². The van der Waals surface area contributed by atoms with Gasteiger partial charge in [0.1, 0.15) is 37.1 Å². The van der Waals surface area contributed by atoms with Gasteiger partial charge in [0.25, 0.3) is 0 Å². The van der Waals surface area contributed by atoms with E-state index in [0.29, 0.717) is 18.2 Å². The molecule has 0 aliphatic heterocycles. The van der Waals surface area contributed by atoms with Crippen LogP contribution >= 0.6 is 8.58 Å². The largest absolute Gasteiger partial charge is 1.00 e. The molecule has 0 radical (unpaired) electrons. The molecule has 1 atom stereocenters. The van der Waals surface area contributed by atoms with Crippen molar-refractivity contribution in [2.24, 2.45) is 0 Å². The number of benzene rings is 5. The van der Waals surface area contributed by atoms with E-state index in [1.54, 1.807) is 60.7 Å². The fourth-order valence-electron chi connectivity index (χ4n) is 4.66. The molecule has 0 saturated heterocycles. The first-order chi connectivity index (χ1) is 22.5. The summed E-state index contributed by atoms with van der Waals surface area (Å²) in [5, 5.41) is -0.000902. The zero-order valence-electron chi connectivity index (χ0n) is 26.6. The van der Waals surface area contributed by atoms with Crippen LogP contribution in [0, 0.1) is 0 Å². The summed E-state index contributed by atoms with van der Waals surface area (Å²) >= 11 is 0. The van der Waals surface area contributed by atoms with Gasteiger partial charge in [0.05, 0.1) is 16.4 Å². The van der Waals surface area contributed by atoms with Crippen LogP contribution < -0.4 is 38.4 Å². The number of carbonyl (C=O) groups excluding carboxylic acids is 1. The SMILES string of the molecule is O=C(Pc1c(OCc2ccccc2)cc(OCc2ccccc2)cc1OCc1ccccc1)c1c(C(F)(F)F)cccc1C(F)(F)F.[H-].[Li+]. The van der Waals surface area contributed by atoms with Gasteiger partial charge in [0.2, 0.25) is 0 Å². The van der Waals surface area contributed by atoms with E-state index in [1.165, 1.54) is 12.1 Å². The molecule has 0 amide bonds. The molecule has 0 bridgehead atoms. The fraction of sp³-hybridized carbons (Fsp3) is 0.139. The molecule has 48 heavy (non-hydrogen) atoms. The van der Waals surface area contributed by atoms with Gasteiger partial charge in [-0.2, -0.15) is 26.3 Å². The molecule has 4 nitrogen and oxygen atoms in total. The van der Waals surface area contributed by atoms with E-state index >= 15 is 0 Å². The van der Waals surface area contributed by atoms with Gasteiger partial charge >= 0.3 is 31.2 Å². The third-order valence-corrected chi connectivity index (χ3v) is 8.12. The van der Waals surface area contributed by atoms with E-state index in [1.807, 2.05) is 30.3 Å². The molecule has 12 heteroatoms. The molecule has 0 aliphatic rings. The normalized spacial score (nSPS) is 11.6. The van der Waals surface area contributed by atoms with E-state index in [4.69, 9.17) is 14.2 Å². The van der Waals surface area contributed by atoms with Gasteiger partial charge in [0.15, 0.2) is 5.52 Å². The van der Waals surface area contributed by atoms with Crippen molar-refractivity contribution in [3.05, 3.63) is 155 Å². The average molecular weight is 677 g/mol. The minimum absolute atomic E-state index is 0. The van der Waals surface area contributed by atoms with Crippen LogP contribution in [0.2, 0.25) is 0 Å². The van der Waals surface area contributed by atoms with Gasteiger partial charge in [-0.3, -0.25) is 4.79 Å². The summed E-state index contributed by atoms with van der Waals surface area (Å²) in [6.07, 6.45) is -10.4. The van der Waals surface area contributed by atoms with Crippen LogP contribution in [0.5, 0.6) is 17.2 Å². The number of carbonyl (C=O) groups is 1. The summed E-state index contributed by atoms with van der Waals surface area (Å²) in [5.41, 5.74) is -3.88. The van der Waals surface area contributed by atoms with Crippen LogP contribution in [0.3, 0.4) is 0 Å². The summed E-state index contributed by atoms with van der Waals surface area (Å²) in [7, 11) is -1.23. The summed E-state index contributed by atoms with van der Waals surface area (Å²) < 4.78 is 102. The molecule has 0 saturated carbocycles. The van der Waals surface area contributed by atoms with Crippen molar-refractivity contribution >= 4 is 19.4 Å². The summed E-state index contributed by atoms with van der Waals surface area (Å²) in [4.78, 5) is 13.7. The van der Waals surface area contributed by atoms with Gasteiger partial charge < -0.3 is 15.6 Å². The van der Waals surface area contributed by atoms with Crippen LogP contribution in [-0.4, -0.2) is 5.52 Å². The quantitative estimate of drug-likeness (QED) is 0.0837. The van der Waals surface area contributed by atoms with E-state index in [2.05, 4.69) is 0 Å². The van der Waals surface area contributed by atoms with Gasteiger partial charge in [-0.15, -0.1) is 0 Å². The molecule has 1 unspecified atom stereocenters. The second kappa shape index (κ2) is 16.3. The van der Waals surface area contributed by atoms with Gasteiger partial charge in [0, 0.05) is 17.7 Å². The molecule has 5 aromatic rings. The molecule has 5 rings (SSSR count). The Morgan fingerprint density at radius 2 is 0.938 bits per heavy atom. The molecule has 244 valence electrons. The van der Waals surface area contributed by atoms with Crippen molar-refractivity contribution in [2.75, 3.05) is 0 Å². The number of alkyl halides is 6. The Morgan fingerprint density at radius 1 is 0.562 bits per heavy atom. The fourth-order valence-corrected chi connectivity index (χ4v) is 5.81. The molecule has 0 fully saturated rings. The first-order valence-electron chi connectivity index (χ1n) is 14.3. The van der Waals surface area contributed by atoms with Crippen LogP contribution in [-0.2, 0) is 32.2 Å². The van der Waals surface area contributed by atoms with Crippen LogP contribution in [0.4, 0.5) is 26.3 Å². The predicted octanol–water partition coefficient (Wildman–Crippen LogP) is 6.72. The average Bonchev–Trinajstić information content (AvgIpc) is 3.06. The summed E-state index contributed by atoms with van der Waals surface area (Å²) in [6, 6.07) is 31.6. The third-order valence-electron chi connectivity index (χ3n) is 6.90. The maximum Gasteiger partial charge on any atom is 1.00 e. The Morgan fingerprint density at radius 3 is 1.31 bits per heavy atom. The van der Waals surface area contributed by atoms with Crippen molar-refractivity contribution in [1.29, 1.82) is 0 Å². The number of hydrogen-bond acceptors (Lipinski definition) is 4. The summed E-state index contributed by atoms with van der Waals surface area (Å²) in [6.45, 7) is 0.116. The van der Waals surface area contributed by atoms with Crippen LogP contribution in [0.25, 0.3) is 0 Å². The van der Waals surface area contributed by atoms with Crippen LogP contribution in [0.1, 0.15) is 39.6 Å². The Bertz CT molecular complexity index is 1710. The minimum Gasteiger partial charge on any atom is -1.00 e. The second-order valence-corrected chi connectivity index (χ2v) is 11.5. The van der Waals surface area contributed by atoms with Crippen molar-refractivity contribution in [3.8, 4) is 17.2 Å². The van der Waals surface area contributed by atoms with Crippen molar-refractivity contribution in [2.45, 2.75) is 32.2 Å². The van der Waals surface area contributed by atoms with Crippen molar-refractivity contribution < 1.29 is 65.6 Å². The molecule has 0 spiro atoms. The van der Waals surface area contributed by atoms with E-state index in [0.717, 1.165) is 16.7 Å². The molecule has 5 aromatic carbocycles. The van der Waals surface area contributed by atoms with Gasteiger partial charge in [-0.1, -0.05) is 97.1 Å². The molecule has 0 heterocycles. The standard InChI is InChI=1S/C36H27F6O4P.Li.H/c37-35(38,39)28-17-10-18-29(36(40,41)42)32(28)34(43)47-33-30(45-22-25-13-6-2-7-14-25)19-27(44-21-24-11-4-1-5-12-24)20-31(33)46-23-26-15-8-3-9-16-26;;/h1-20,47H,21-23H2;;/q;+1;-1. The zero-order valence-corrected chi connectivity index (χ0v) is 26.6. The van der Waals surface area contributed by atoms with Crippen molar-refractivity contribution in [3.63, 3.8) is 0 Å². The van der Waals surface area contributed by atoms with E-state index in [-0.39, 0.29) is 62.7 Å². The number of halogens is 6. The van der Waals surface area contributed by atoms with Crippen molar-refractivity contribution in [1.82, 2.24) is 0 Å². The Hall–Kier alpha value is -4.22. The number of hydrogen-bond donors (Lipinski definition) is 0. The van der Waals surface area contributed by atoms with Gasteiger partial charge in [-0.25, -0.2) is 0 Å². The monoisotopic (exact) mass is 676 g/mol. The maximum atomic E-state index is 14.0. The third kappa shape index (κ3) is 9.67. The Balaban J connectivity index is 0.00000325. The van der Waals surface area contributed by atoms with E-state index < -0.39 is 43.1 Å². The van der Waals surface area contributed by atoms with E-state index in [9.17, 15) is 31.1 Å². The molecule has 0 aliphatic carbocycles. The predicted molar refractivity (Wildman–Crippen MR) is 169 cm³/mol. The molecule has 0 aromatic heterocycles. The number of ether oxygens (including phenoxy) is 3. The Labute approximate surface area is 288 Å². The maximum absolute atomic E-state index is 14.0. The summed E-state index contributed by atoms with van der Waals surface area (Å²) in [5.74, 6) is 0.298. The molecular formula is C36H28F6LiO4P. The topological polar surface area (TPSA) is 44.8 Å². The first-order valence-corrected chi connectivity index (χ1v) is 15.3. The van der Waals surface area contributed by atoms with Gasteiger partial charge in [-0.05, 0) is 37.4 Å². The second-order valence-electron chi connectivity index (χ2n) is 10.3. The molecule has 0 N–H and O–H groups in total.